The van der Waals surface area contributed by atoms with Crippen molar-refractivity contribution in [2.75, 3.05) is 11.1 Å². The fraction of sp³-hybridized carbons (Fsp3) is 0.667. The van der Waals surface area contributed by atoms with Crippen molar-refractivity contribution in [2.45, 2.75) is 46.6 Å². The first-order valence-electron chi connectivity index (χ1n) is 5.54. The Balaban J connectivity index is 2.72. The molecule has 0 aliphatic carbocycles. The number of nitrogens with one attached hydrogen (secondary N) is 1. The Morgan fingerprint density at radius 3 is 2.31 bits per heavy atom. The Morgan fingerprint density at radius 1 is 1.19 bits per heavy atom. The summed E-state index contributed by atoms with van der Waals surface area (Å²) >= 11 is 0. The van der Waals surface area contributed by atoms with E-state index < -0.39 is 0 Å². The van der Waals surface area contributed by atoms with Gasteiger partial charge >= 0.3 is 0 Å². The van der Waals surface area contributed by atoms with Crippen molar-refractivity contribution in [1.82, 2.24) is 9.97 Å². The average Bonchev–Trinajstić information content (AvgIpc) is 1.96. The third-order valence-electron chi connectivity index (χ3n) is 2.09. The van der Waals surface area contributed by atoms with Crippen LogP contribution >= 0.6 is 0 Å². The number of nitrogens with two attached hydrogens (primary N) is 1. The molecule has 16 heavy (non-hydrogen) atoms. The normalized spacial score (nSPS) is 12.6. The van der Waals surface area contributed by atoms with Gasteiger partial charge in [0.2, 0.25) is 0 Å². The van der Waals surface area contributed by atoms with Crippen molar-refractivity contribution in [3.8, 4) is 0 Å². The predicted octanol–water partition coefficient (Wildman–Crippen LogP) is 2.69. The maximum Gasteiger partial charge on any atom is 0.147 e. The molecule has 1 heterocycles. The Hall–Kier alpha value is -1.32. The lowest BCUT2D eigenvalue weighted by Crippen LogP contribution is -2.35. The molecule has 0 fully saturated rings. The molecule has 0 saturated heterocycles. The minimum atomic E-state index is -0.0271. The highest BCUT2D eigenvalue weighted by Crippen LogP contribution is 2.29. The number of nitrogen functional groups attached to an aromatic ring is 1. The minimum absolute atomic E-state index is 0.0271. The number of aromatic nitrogens is 2. The molecule has 0 spiro atoms. The van der Waals surface area contributed by atoms with Gasteiger partial charge in [0.15, 0.2) is 0 Å². The topological polar surface area (TPSA) is 63.8 Å². The highest BCUT2D eigenvalue weighted by Gasteiger charge is 2.25. The van der Waals surface area contributed by atoms with E-state index in [1.54, 1.807) is 12.4 Å². The molecule has 3 N–H and O–H groups in total. The van der Waals surface area contributed by atoms with Gasteiger partial charge in [-0.15, -0.1) is 0 Å². The largest absolute Gasteiger partial charge is 0.382 e. The predicted molar refractivity (Wildman–Crippen MR) is 68.2 cm³/mol. The molecule has 0 unspecified atom stereocenters. The van der Waals surface area contributed by atoms with Gasteiger partial charge in [-0.05, 0) is 25.7 Å². The summed E-state index contributed by atoms with van der Waals surface area (Å²) < 4.78 is 0. The standard InChI is InChI=1S/C12H22N4/c1-11(2,3)8-12(4,5)16-10-7-14-6-9(13)15-10/h6-7H,8H2,1-5H3,(H3,13,15,16). The van der Waals surface area contributed by atoms with E-state index in [0.717, 1.165) is 12.2 Å². The summed E-state index contributed by atoms with van der Waals surface area (Å²) in [6.45, 7) is 11.0. The van der Waals surface area contributed by atoms with Crippen molar-refractivity contribution in [3.05, 3.63) is 12.4 Å². The second-order valence-electron chi connectivity index (χ2n) is 6.08. The van der Waals surface area contributed by atoms with Crippen LogP contribution in [0.2, 0.25) is 0 Å². The number of anilines is 2. The monoisotopic (exact) mass is 222 g/mol. The quantitative estimate of drug-likeness (QED) is 0.825. The van der Waals surface area contributed by atoms with Crippen LogP contribution in [0, 0.1) is 5.41 Å². The van der Waals surface area contributed by atoms with Gasteiger partial charge in [0.25, 0.3) is 0 Å². The first kappa shape index (κ1) is 12.7. The second kappa shape index (κ2) is 4.28. The fourth-order valence-electron chi connectivity index (χ4n) is 2.16. The van der Waals surface area contributed by atoms with Crippen LogP contribution in [0.3, 0.4) is 0 Å². The third-order valence-corrected chi connectivity index (χ3v) is 2.09. The number of nitrogens with zero attached hydrogens (tertiary/aromatic N) is 2. The van der Waals surface area contributed by atoms with Gasteiger partial charge in [-0.1, -0.05) is 20.8 Å². The molecule has 0 amide bonds. The molecule has 1 aromatic rings. The SMILES string of the molecule is CC(C)(C)CC(C)(C)Nc1cncc(N)n1. The van der Waals surface area contributed by atoms with Gasteiger partial charge < -0.3 is 11.1 Å². The summed E-state index contributed by atoms with van der Waals surface area (Å²) in [6.07, 6.45) is 4.28. The van der Waals surface area contributed by atoms with Gasteiger partial charge in [0.05, 0.1) is 12.4 Å². The maximum absolute atomic E-state index is 5.59. The van der Waals surface area contributed by atoms with Crippen LogP contribution in [-0.2, 0) is 0 Å². The smallest absolute Gasteiger partial charge is 0.147 e. The molecule has 0 atom stereocenters. The van der Waals surface area contributed by atoms with E-state index >= 15 is 0 Å². The maximum atomic E-state index is 5.59. The molecule has 0 aromatic carbocycles. The molecule has 0 saturated carbocycles. The minimum Gasteiger partial charge on any atom is -0.382 e. The molecule has 0 aliphatic heterocycles. The van der Waals surface area contributed by atoms with Crippen molar-refractivity contribution >= 4 is 11.6 Å². The van der Waals surface area contributed by atoms with E-state index in [9.17, 15) is 0 Å². The Bertz CT molecular complexity index is 352. The number of hydrogen-bond acceptors (Lipinski definition) is 4. The van der Waals surface area contributed by atoms with E-state index in [4.69, 9.17) is 5.73 Å². The lowest BCUT2D eigenvalue weighted by atomic mass is 9.82. The van der Waals surface area contributed by atoms with Gasteiger partial charge in [-0.3, -0.25) is 4.98 Å². The molecule has 4 nitrogen and oxygen atoms in total. The van der Waals surface area contributed by atoms with Gasteiger partial charge in [-0.25, -0.2) is 4.98 Å². The van der Waals surface area contributed by atoms with Crippen LogP contribution < -0.4 is 11.1 Å². The molecule has 4 heteroatoms. The number of rotatable bonds is 3. The highest BCUT2D eigenvalue weighted by molar-refractivity contribution is 5.40. The van der Waals surface area contributed by atoms with E-state index in [0.29, 0.717) is 5.82 Å². The van der Waals surface area contributed by atoms with Crippen molar-refractivity contribution in [2.24, 2.45) is 5.41 Å². The summed E-state index contributed by atoms with van der Waals surface area (Å²) in [5.41, 5.74) is 5.83. The van der Waals surface area contributed by atoms with Crippen LogP contribution in [-0.4, -0.2) is 15.5 Å². The second-order valence-corrected chi connectivity index (χ2v) is 6.08. The van der Waals surface area contributed by atoms with Gasteiger partial charge in [0, 0.05) is 5.54 Å². The van der Waals surface area contributed by atoms with Crippen LogP contribution in [0.5, 0.6) is 0 Å². The molecule has 0 radical (unpaired) electrons. The van der Waals surface area contributed by atoms with Crippen LogP contribution in [0.4, 0.5) is 11.6 Å². The Kier molecular flexibility index (Phi) is 3.41. The summed E-state index contributed by atoms with van der Waals surface area (Å²) in [5.74, 6) is 1.17. The first-order chi connectivity index (χ1) is 7.18. The first-order valence-corrected chi connectivity index (χ1v) is 5.54. The fourth-order valence-corrected chi connectivity index (χ4v) is 2.16. The van der Waals surface area contributed by atoms with Gasteiger partial charge in [0.1, 0.15) is 11.6 Å². The average molecular weight is 222 g/mol. The van der Waals surface area contributed by atoms with E-state index in [-0.39, 0.29) is 11.0 Å². The van der Waals surface area contributed by atoms with Crippen molar-refractivity contribution in [1.29, 1.82) is 0 Å². The zero-order valence-corrected chi connectivity index (χ0v) is 10.8. The van der Waals surface area contributed by atoms with E-state index in [2.05, 4.69) is 49.9 Å². The van der Waals surface area contributed by atoms with Crippen LogP contribution in [0.15, 0.2) is 12.4 Å². The number of hydrogen-bond donors (Lipinski definition) is 2. The lowest BCUT2D eigenvalue weighted by Gasteiger charge is -2.33. The van der Waals surface area contributed by atoms with Crippen LogP contribution in [0.1, 0.15) is 41.0 Å². The molecule has 0 bridgehead atoms. The van der Waals surface area contributed by atoms with Crippen LogP contribution in [0.25, 0.3) is 0 Å². The van der Waals surface area contributed by atoms with Crippen molar-refractivity contribution in [3.63, 3.8) is 0 Å². The summed E-state index contributed by atoms with van der Waals surface area (Å²) in [6, 6.07) is 0. The summed E-state index contributed by atoms with van der Waals surface area (Å²) in [5, 5.41) is 3.36. The highest BCUT2D eigenvalue weighted by atomic mass is 15.1. The zero-order valence-electron chi connectivity index (χ0n) is 10.8. The van der Waals surface area contributed by atoms with E-state index in [1.807, 2.05) is 0 Å². The Morgan fingerprint density at radius 2 is 1.81 bits per heavy atom. The molecular formula is C12H22N4. The zero-order chi connectivity index (χ0) is 12.4. The molecule has 0 aliphatic rings. The molecule has 1 rings (SSSR count). The molecular weight excluding hydrogens is 200 g/mol. The lowest BCUT2D eigenvalue weighted by molar-refractivity contribution is 0.302. The van der Waals surface area contributed by atoms with E-state index in [1.165, 1.54) is 0 Å². The molecule has 1 aromatic heterocycles. The van der Waals surface area contributed by atoms with Gasteiger partial charge in [-0.2, -0.15) is 0 Å². The third kappa shape index (κ3) is 4.47. The summed E-state index contributed by atoms with van der Waals surface area (Å²) in [4.78, 5) is 8.21. The summed E-state index contributed by atoms with van der Waals surface area (Å²) in [7, 11) is 0. The van der Waals surface area contributed by atoms with Crippen molar-refractivity contribution < 1.29 is 0 Å². The Labute approximate surface area is 97.7 Å². The molecule has 90 valence electrons.